The molecule has 3 heterocycles. The maximum atomic E-state index is 12.0. The summed E-state index contributed by atoms with van der Waals surface area (Å²) in [6.07, 6.45) is 8.39. The number of aryl methyl sites for hydroxylation is 1. The fourth-order valence-electron chi connectivity index (χ4n) is 2.91. The van der Waals surface area contributed by atoms with Crippen LogP contribution in [-0.2, 0) is 18.4 Å². The van der Waals surface area contributed by atoms with E-state index in [2.05, 4.69) is 20.3 Å². The highest BCUT2D eigenvalue weighted by molar-refractivity contribution is 5.91. The van der Waals surface area contributed by atoms with Crippen LogP contribution < -0.4 is 5.32 Å². The first kappa shape index (κ1) is 16.1. The molecule has 2 aromatic rings. The van der Waals surface area contributed by atoms with E-state index in [0.29, 0.717) is 11.4 Å². The Kier molecular flexibility index (Phi) is 4.54. The van der Waals surface area contributed by atoms with E-state index in [0.717, 1.165) is 25.1 Å². The van der Waals surface area contributed by atoms with Gasteiger partial charge in [0.1, 0.15) is 5.69 Å². The van der Waals surface area contributed by atoms with Crippen molar-refractivity contribution in [1.29, 1.82) is 0 Å². The van der Waals surface area contributed by atoms with Gasteiger partial charge in [0.05, 0.1) is 42.7 Å². The van der Waals surface area contributed by atoms with Crippen molar-refractivity contribution in [3.8, 4) is 0 Å². The molecule has 2 amide bonds. The van der Waals surface area contributed by atoms with Gasteiger partial charge in [-0.25, -0.2) is 4.98 Å². The third-order valence-corrected chi connectivity index (χ3v) is 4.07. The average Bonchev–Trinajstić information content (AvgIpc) is 3.22. The van der Waals surface area contributed by atoms with Gasteiger partial charge in [0.25, 0.3) is 5.91 Å². The maximum absolute atomic E-state index is 12.0. The molecule has 0 radical (unpaired) electrons. The van der Waals surface area contributed by atoms with Gasteiger partial charge in [-0.3, -0.25) is 19.6 Å². The maximum Gasteiger partial charge on any atom is 0.271 e. The van der Waals surface area contributed by atoms with Gasteiger partial charge < -0.3 is 14.8 Å². The van der Waals surface area contributed by atoms with E-state index in [9.17, 15) is 9.59 Å². The number of likely N-dealkylation sites (tertiary alicyclic amines) is 1. The van der Waals surface area contributed by atoms with E-state index in [-0.39, 0.29) is 24.4 Å². The predicted molar refractivity (Wildman–Crippen MR) is 85.8 cm³/mol. The molecule has 126 valence electrons. The fourth-order valence-corrected chi connectivity index (χ4v) is 2.91. The highest BCUT2D eigenvalue weighted by Gasteiger charge is 2.29. The molecule has 0 saturated carbocycles. The van der Waals surface area contributed by atoms with Crippen molar-refractivity contribution in [2.45, 2.75) is 32.4 Å². The Bertz CT molecular complexity index is 757. The van der Waals surface area contributed by atoms with Crippen LogP contribution in [0.2, 0.25) is 0 Å². The second kappa shape index (κ2) is 6.77. The molecule has 1 atom stereocenters. The second-order valence-corrected chi connectivity index (χ2v) is 5.91. The highest BCUT2D eigenvalue weighted by Crippen LogP contribution is 2.30. The minimum absolute atomic E-state index is 0.0264. The number of imidazole rings is 1. The van der Waals surface area contributed by atoms with Crippen LogP contribution in [0.15, 0.2) is 24.9 Å². The van der Waals surface area contributed by atoms with E-state index in [1.165, 1.54) is 0 Å². The number of nitrogens with one attached hydrogen (secondary N) is 1. The van der Waals surface area contributed by atoms with E-state index in [1.54, 1.807) is 43.5 Å². The summed E-state index contributed by atoms with van der Waals surface area (Å²) >= 11 is 0. The van der Waals surface area contributed by atoms with Crippen LogP contribution in [0.1, 0.15) is 47.7 Å². The third kappa shape index (κ3) is 3.42. The molecule has 1 aliphatic rings. The second-order valence-electron chi connectivity index (χ2n) is 5.91. The molecule has 24 heavy (non-hydrogen) atoms. The lowest BCUT2D eigenvalue weighted by Gasteiger charge is -2.22. The van der Waals surface area contributed by atoms with Crippen LogP contribution in [0, 0.1) is 0 Å². The van der Waals surface area contributed by atoms with Crippen molar-refractivity contribution in [3.05, 3.63) is 42.0 Å². The number of nitrogens with zero attached hydrogens (tertiary/aromatic N) is 5. The predicted octanol–water partition coefficient (Wildman–Crippen LogP) is 0.823. The number of carbonyl (C=O) groups is 2. The van der Waals surface area contributed by atoms with Crippen LogP contribution in [0.5, 0.6) is 0 Å². The highest BCUT2D eigenvalue weighted by atomic mass is 16.2. The first-order valence-corrected chi connectivity index (χ1v) is 7.89. The smallest absolute Gasteiger partial charge is 0.271 e. The Balaban J connectivity index is 1.67. The van der Waals surface area contributed by atoms with Gasteiger partial charge in [-0.1, -0.05) is 0 Å². The number of aromatic nitrogens is 4. The zero-order chi connectivity index (χ0) is 17.1. The van der Waals surface area contributed by atoms with Gasteiger partial charge in [-0.2, -0.15) is 0 Å². The molecule has 1 fully saturated rings. The van der Waals surface area contributed by atoms with E-state index in [1.807, 2.05) is 4.90 Å². The SMILES string of the molecule is CC(=O)N1CCCC1c1cncc(CNC(=O)c2cn(C)cn2)n1. The van der Waals surface area contributed by atoms with Crippen molar-refractivity contribution >= 4 is 11.8 Å². The summed E-state index contributed by atoms with van der Waals surface area (Å²) in [5.41, 5.74) is 1.79. The van der Waals surface area contributed by atoms with Gasteiger partial charge in [-0.05, 0) is 12.8 Å². The van der Waals surface area contributed by atoms with Crippen LogP contribution in [0.3, 0.4) is 0 Å². The molecule has 3 rings (SSSR count). The van der Waals surface area contributed by atoms with Gasteiger partial charge in [0.2, 0.25) is 5.91 Å². The summed E-state index contributed by atoms with van der Waals surface area (Å²) < 4.78 is 1.71. The number of hydrogen-bond donors (Lipinski definition) is 1. The van der Waals surface area contributed by atoms with Gasteiger partial charge in [0, 0.05) is 26.7 Å². The molecule has 8 heteroatoms. The van der Waals surface area contributed by atoms with E-state index >= 15 is 0 Å². The van der Waals surface area contributed by atoms with Crippen LogP contribution in [-0.4, -0.2) is 42.8 Å². The lowest BCUT2D eigenvalue weighted by molar-refractivity contribution is -0.129. The molecule has 1 N–H and O–H groups in total. The van der Waals surface area contributed by atoms with Crippen LogP contribution in [0.25, 0.3) is 0 Å². The third-order valence-electron chi connectivity index (χ3n) is 4.07. The summed E-state index contributed by atoms with van der Waals surface area (Å²) in [6, 6.07) is -0.0264. The monoisotopic (exact) mass is 328 g/mol. The standard InChI is InChI=1S/C16H20N6O2/c1-11(23)22-5-3-4-15(22)13-8-17-6-12(20-13)7-18-16(24)14-9-21(2)10-19-14/h6,8-10,15H,3-5,7H2,1-2H3,(H,18,24). The minimum atomic E-state index is -0.256. The summed E-state index contributed by atoms with van der Waals surface area (Å²) in [7, 11) is 1.81. The molecule has 0 aliphatic carbocycles. The Hall–Kier alpha value is -2.77. The normalized spacial score (nSPS) is 17.1. The first-order chi connectivity index (χ1) is 11.5. The summed E-state index contributed by atoms with van der Waals surface area (Å²) in [5, 5.41) is 2.78. The molecule has 8 nitrogen and oxygen atoms in total. The average molecular weight is 328 g/mol. The van der Waals surface area contributed by atoms with E-state index in [4.69, 9.17) is 0 Å². The first-order valence-electron chi connectivity index (χ1n) is 7.89. The van der Waals surface area contributed by atoms with Crippen molar-refractivity contribution < 1.29 is 9.59 Å². The topological polar surface area (TPSA) is 93.0 Å². The minimum Gasteiger partial charge on any atom is -0.345 e. The summed E-state index contributed by atoms with van der Waals surface area (Å²) in [6.45, 7) is 2.59. The lowest BCUT2D eigenvalue weighted by Crippen LogP contribution is -2.29. The zero-order valence-corrected chi connectivity index (χ0v) is 13.8. The molecular formula is C16H20N6O2. The number of rotatable bonds is 4. The van der Waals surface area contributed by atoms with Crippen LogP contribution >= 0.6 is 0 Å². The molecule has 1 aliphatic heterocycles. The number of amides is 2. The van der Waals surface area contributed by atoms with Crippen molar-refractivity contribution in [1.82, 2.24) is 29.7 Å². The van der Waals surface area contributed by atoms with Crippen molar-refractivity contribution in [3.63, 3.8) is 0 Å². The number of carbonyl (C=O) groups excluding carboxylic acids is 2. The Morgan fingerprint density at radius 2 is 2.21 bits per heavy atom. The zero-order valence-electron chi connectivity index (χ0n) is 13.8. The van der Waals surface area contributed by atoms with Crippen molar-refractivity contribution in [2.24, 2.45) is 7.05 Å². The molecular weight excluding hydrogens is 308 g/mol. The quantitative estimate of drug-likeness (QED) is 0.897. The van der Waals surface area contributed by atoms with Gasteiger partial charge in [-0.15, -0.1) is 0 Å². The molecule has 0 spiro atoms. The summed E-state index contributed by atoms with van der Waals surface area (Å²) in [5.74, 6) is -0.206. The Morgan fingerprint density at radius 1 is 1.38 bits per heavy atom. The molecule has 0 bridgehead atoms. The Labute approximate surface area is 139 Å². The van der Waals surface area contributed by atoms with Gasteiger partial charge >= 0.3 is 0 Å². The summed E-state index contributed by atoms with van der Waals surface area (Å²) in [4.78, 5) is 38.3. The Morgan fingerprint density at radius 3 is 2.92 bits per heavy atom. The molecule has 0 aromatic carbocycles. The largest absolute Gasteiger partial charge is 0.345 e. The van der Waals surface area contributed by atoms with Crippen LogP contribution in [0.4, 0.5) is 0 Å². The fraction of sp³-hybridized carbons (Fsp3) is 0.438. The van der Waals surface area contributed by atoms with Gasteiger partial charge in [0.15, 0.2) is 0 Å². The molecule has 1 unspecified atom stereocenters. The number of hydrogen-bond acceptors (Lipinski definition) is 5. The molecule has 2 aromatic heterocycles. The van der Waals surface area contributed by atoms with Crippen molar-refractivity contribution in [2.75, 3.05) is 6.54 Å². The molecule has 1 saturated heterocycles. The lowest BCUT2D eigenvalue weighted by atomic mass is 10.1. The van der Waals surface area contributed by atoms with E-state index < -0.39 is 0 Å².